The van der Waals surface area contributed by atoms with Crippen molar-refractivity contribution in [2.24, 2.45) is 0 Å². The first kappa shape index (κ1) is 20.1. The van der Waals surface area contributed by atoms with E-state index in [1.807, 2.05) is 30.3 Å². The van der Waals surface area contributed by atoms with Crippen molar-refractivity contribution in [1.29, 1.82) is 0 Å². The minimum atomic E-state index is -0.625. The highest BCUT2D eigenvalue weighted by Gasteiger charge is 2.49. The second-order valence-corrected chi connectivity index (χ2v) is 7.80. The predicted octanol–water partition coefficient (Wildman–Crippen LogP) is 3.88. The summed E-state index contributed by atoms with van der Waals surface area (Å²) in [5.74, 6) is -0.224. The Morgan fingerprint density at radius 3 is 2.48 bits per heavy atom. The first-order valence-electron chi connectivity index (χ1n) is 8.85. The summed E-state index contributed by atoms with van der Waals surface area (Å²) in [6.45, 7) is 1.93. The molecule has 27 heavy (non-hydrogen) atoms. The number of hydrogen-bond acceptors (Lipinski definition) is 3. The zero-order valence-electron chi connectivity index (χ0n) is 15.0. The van der Waals surface area contributed by atoms with Gasteiger partial charge in [-0.05, 0) is 11.6 Å². The summed E-state index contributed by atoms with van der Waals surface area (Å²) >= 11 is 12.7. The van der Waals surface area contributed by atoms with Crippen molar-refractivity contribution in [2.75, 3.05) is 13.1 Å². The quantitative estimate of drug-likeness (QED) is 0.656. The van der Waals surface area contributed by atoms with Gasteiger partial charge in [-0.3, -0.25) is 4.79 Å². The lowest BCUT2D eigenvalue weighted by Gasteiger charge is -2.39. The van der Waals surface area contributed by atoms with E-state index in [2.05, 4.69) is 5.32 Å². The molecule has 5 nitrogen and oxygen atoms in total. The maximum Gasteiger partial charge on any atom is 0.217 e. The Morgan fingerprint density at radius 1 is 1.19 bits per heavy atom. The maximum atomic E-state index is 12.0. The van der Waals surface area contributed by atoms with Crippen LogP contribution >= 0.6 is 23.2 Å². The molecule has 0 aromatic heterocycles. The molecule has 2 aromatic carbocycles. The number of aliphatic hydroxyl groups is 1. The molecule has 1 amide bonds. The van der Waals surface area contributed by atoms with Gasteiger partial charge in [0.25, 0.3) is 0 Å². The number of quaternary nitrogens is 1. The van der Waals surface area contributed by atoms with E-state index in [9.17, 15) is 15.1 Å². The van der Waals surface area contributed by atoms with Gasteiger partial charge in [-0.1, -0.05) is 65.7 Å². The fraction of sp³-hybridized carbons (Fsp3) is 0.350. The summed E-state index contributed by atoms with van der Waals surface area (Å²) in [6.07, 6.45) is -0.156. The molecule has 0 saturated carbocycles. The van der Waals surface area contributed by atoms with Crippen molar-refractivity contribution in [1.82, 2.24) is 5.32 Å². The van der Waals surface area contributed by atoms with E-state index < -0.39 is 22.8 Å². The van der Waals surface area contributed by atoms with Gasteiger partial charge in [0, 0.05) is 18.9 Å². The molecule has 1 heterocycles. The number of nitrogens with zero attached hydrogens (tertiary/aromatic N) is 1. The first-order valence-corrected chi connectivity index (χ1v) is 9.61. The van der Waals surface area contributed by atoms with Crippen LogP contribution in [-0.4, -0.2) is 40.1 Å². The number of halogens is 2. The van der Waals surface area contributed by atoms with Crippen LogP contribution in [-0.2, 0) is 4.79 Å². The number of hydrogen-bond donors (Lipinski definition) is 3. The van der Waals surface area contributed by atoms with Crippen LogP contribution < -0.4 is 5.32 Å². The first-order chi connectivity index (χ1) is 12.8. The molecule has 2 unspecified atom stereocenters. The van der Waals surface area contributed by atoms with Crippen molar-refractivity contribution >= 4 is 29.1 Å². The van der Waals surface area contributed by atoms with Crippen LogP contribution in [0.4, 0.5) is 0 Å². The molecule has 1 saturated heterocycles. The van der Waals surface area contributed by atoms with Gasteiger partial charge in [-0.15, -0.1) is 0 Å². The van der Waals surface area contributed by atoms with E-state index in [-0.39, 0.29) is 12.5 Å². The minimum absolute atomic E-state index is 0.149. The van der Waals surface area contributed by atoms with E-state index in [4.69, 9.17) is 23.2 Å². The van der Waals surface area contributed by atoms with Crippen molar-refractivity contribution in [2.45, 2.75) is 31.5 Å². The number of benzene rings is 2. The Hall–Kier alpha value is -1.63. The monoisotopic (exact) mass is 409 g/mol. The average Bonchev–Trinajstić information content (AvgIpc) is 2.98. The van der Waals surface area contributed by atoms with Gasteiger partial charge >= 0.3 is 0 Å². The molecule has 1 fully saturated rings. The number of aliphatic hydroxyl groups excluding tert-OH is 1. The Bertz CT molecular complexity index is 818. The van der Waals surface area contributed by atoms with Crippen LogP contribution in [0.5, 0.6) is 0 Å². The van der Waals surface area contributed by atoms with Gasteiger partial charge in [-0.25, -0.2) is 5.21 Å². The number of rotatable bonds is 5. The normalized spacial score (nSPS) is 24.4. The highest BCUT2D eigenvalue weighted by molar-refractivity contribution is 6.42. The van der Waals surface area contributed by atoms with Crippen LogP contribution in [0.2, 0.25) is 10.0 Å². The number of carbonyl (C=O) groups is 1. The van der Waals surface area contributed by atoms with Crippen molar-refractivity contribution in [3.8, 4) is 0 Å². The van der Waals surface area contributed by atoms with E-state index in [1.54, 1.807) is 18.2 Å². The molecule has 0 spiro atoms. The fourth-order valence-corrected chi connectivity index (χ4v) is 4.28. The minimum Gasteiger partial charge on any atom is -0.387 e. The van der Waals surface area contributed by atoms with Gasteiger partial charge in [0.15, 0.2) is 6.04 Å². The Labute approximate surface area is 168 Å². The predicted molar refractivity (Wildman–Crippen MR) is 105 cm³/mol. The van der Waals surface area contributed by atoms with Crippen LogP contribution in [0.25, 0.3) is 0 Å². The number of hydroxylamine groups is 3. The van der Waals surface area contributed by atoms with Crippen LogP contribution in [0.1, 0.15) is 36.6 Å². The smallest absolute Gasteiger partial charge is 0.217 e. The van der Waals surface area contributed by atoms with Gasteiger partial charge < -0.3 is 10.4 Å². The maximum absolute atomic E-state index is 12.0. The summed E-state index contributed by atoms with van der Waals surface area (Å²) in [7, 11) is 0. The van der Waals surface area contributed by atoms with Crippen molar-refractivity contribution in [3.05, 3.63) is 69.7 Å². The molecule has 4 atom stereocenters. The third kappa shape index (κ3) is 4.28. The standard InChI is InChI=1S/C20H22Cl2N2O3/c1-13(25)23-19(14-6-3-2-4-7-14)20(24(27)11-10-15(26)12-24)16-8-5-9-17(21)18(16)22/h2-9,15,19-20,26-27H,10-12H2,1H3/p+1/t15-,19-,20?,24?/m0/s1. The zero-order chi connectivity index (χ0) is 19.6. The average molecular weight is 410 g/mol. The molecule has 0 aliphatic carbocycles. The van der Waals surface area contributed by atoms with E-state index in [0.717, 1.165) is 5.56 Å². The third-order valence-electron chi connectivity index (χ3n) is 5.03. The number of nitrogens with one attached hydrogen (secondary N) is 1. The summed E-state index contributed by atoms with van der Waals surface area (Å²) in [4.78, 5) is 12.0. The van der Waals surface area contributed by atoms with E-state index in [0.29, 0.717) is 28.6 Å². The topological polar surface area (TPSA) is 69.6 Å². The molecular weight excluding hydrogens is 387 g/mol. The lowest BCUT2D eigenvalue weighted by molar-refractivity contribution is -1.12. The van der Waals surface area contributed by atoms with Crippen LogP contribution in [0.3, 0.4) is 0 Å². The Balaban J connectivity index is 2.17. The summed E-state index contributed by atoms with van der Waals surface area (Å²) in [5.41, 5.74) is 1.46. The number of carbonyl (C=O) groups excluding carboxylic acids is 1. The number of likely N-dealkylation sites (tertiary alicyclic amines) is 1. The second kappa shape index (κ2) is 8.17. The van der Waals surface area contributed by atoms with E-state index in [1.165, 1.54) is 6.92 Å². The highest BCUT2D eigenvalue weighted by Crippen LogP contribution is 2.44. The third-order valence-corrected chi connectivity index (χ3v) is 5.86. The van der Waals surface area contributed by atoms with Gasteiger partial charge in [0.05, 0.1) is 10.0 Å². The van der Waals surface area contributed by atoms with Gasteiger partial charge in [-0.2, -0.15) is 4.65 Å². The molecular formula is C20H23Cl2N2O3+. The molecule has 0 bridgehead atoms. The fourth-order valence-electron chi connectivity index (χ4n) is 3.86. The number of amides is 1. The van der Waals surface area contributed by atoms with Crippen LogP contribution in [0.15, 0.2) is 48.5 Å². The highest BCUT2D eigenvalue weighted by atomic mass is 35.5. The molecule has 0 radical (unpaired) electrons. The van der Waals surface area contributed by atoms with Gasteiger partial charge in [0.1, 0.15) is 25.2 Å². The Kier molecular flexibility index (Phi) is 6.08. The molecule has 1 aliphatic heterocycles. The summed E-state index contributed by atoms with van der Waals surface area (Å²) in [6, 6.07) is 13.5. The molecule has 3 N–H and O–H groups in total. The van der Waals surface area contributed by atoms with Crippen molar-refractivity contribution in [3.63, 3.8) is 0 Å². The van der Waals surface area contributed by atoms with Gasteiger partial charge in [0.2, 0.25) is 5.91 Å². The molecule has 2 aromatic rings. The van der Waals surface area contributed by atoms with E-state index >= 15 is 0 Å². The molecule has 3 rings (SSSR count). The SMILES string of the molecule is CC(=O)N[C@@H](c1ccccc1)C(c1cccc(Cl)c1Cl)[N+]1(O)CC[C@H](O)C1. The second-order valence-electron chi connectivity index (χ2n) is 7.01. The lowest BCUT2D eigenvalue weighted by atomic mass is 9.91. The van der Waals surface area contributed by atoms with Crippen LogP contribution in [0, 0.1) is 0 Å². The summed E-state index contributed by atoms with van der Waals surface area (Å²) < 4.78 is -0.429. The van der Waals surface area contributed by atoms with Crippen molar-refractivity contribution < 1.29 is 19.8 Å². The lowest BCUT2D eigenvalue weighted by Crippen LogP contribution is -2.51. The Morgan fingerprint density at radius 2 is 1.89 bits per heavy atom. The molecule has 1 aliphatic rings. The largest absolute Gasteiger partial charge is 0.387 e. The molecule has 144 valence electrons. The zero-order valence-corrected chi connectivity index (χ0v) is 16.5. The summed E-state index contributed by atoms with van der Waals surface area (Å²) in [5, 5.41) is 25.2. The molecule has 7 heteroatoms.